The maximum atomic E-state index is 9.16. The van der Waals surface area contributed by atoms with Gasteiger partial charge in [-0.05, 0) is 0 Å². The average molecular weight is 291 g/mol. The molecule has 0 unspecified atom stereocenters. The van der Waals surface area contributed by atoms with E-state index in [-0.39, 0.29) is 6.61 Å². The smallest absolute Gasteiger partial charge is 0.228 e. The molecule has 0 atom stereocenters. The lowest BCUT2D eigenvalue weighted by molar-refractivity contribution is 0.304. The highest BCUT2D eigenvalue weighted by molar-refractivity contribution is 5.95. The Labute approximate surface area is 124 Å². The van der Waals surface area contributed by atoms with Gasteiger partial charge < -0.3 is 20.1 Å². The number of aliphatic hydroxyl groups is 1. The molecule has 2 heterocycles. The first-order valence-corrected chi connectivity index (χ1v) is 6.90. The fourth-order valence-electron chi connectivity index (χ4n) is 2.12. The standard InChI is InChI=1S/C14H21N5O2/c1-5-10-16-9-8-11(15-2)18-14(21-4)12(9)13(17-10)19(3)6-7-20/h8,20H,5-7H2,1-4H3,(H,15,18). The Bertz CT molecular complexity index is 627. The number of aliphatic hydroxyl groups excluding tert-OH is 1. The van der Waals surface area contributed by atoms with Gasteiger partial charge in [-0.2, -0.15) is 4.98 Å². The van der Waals surface area contributed by atoms with Crippen molar-refractivity contribution in [3.8, 4) is 5.88 Å². The second kappa shape index (κ2) is 6.53. The van der Waals surface area contributed by atoms with E-state index in [0.717, 1.165) is 29.0 Å². The van der Waals surface area contributed by atoms with Crippen LogP contribution >= 0.6 is 0 Å². The Morgan fingerprint density at radius 2 is 2.10 bits per heavy atom. The number of aryl methyl sites for hydroxylation is 1. The van der Waals surface area contributed by atoms with E-state index in [4.69, 9.17) is 9.84 Å². The second-order valence-corrected chi connectivity index (χ2v) is 4.62. The summed E-state index contributed by atoms with van der Waals surface area (Å²) in [5.41, 5.74) is 0.776. The van der Waals surface area contributed by atoms with Crippen LogP contribution in [0.4, 0.5) is 11.6 Å². The van der Waals surface area contributed by atoms with Crippen LogP contribution in [-0.4, -0.2) is 54.4 Å². The highest BCUT2D eigenvalue weighted by Gasteiger charge is 2.17. The Kier molecular flexibility index (Phi) is 4.74. The van der Waals surface area contributed by atoms with Crippen LogP contribution in [0.1, 0.15) is 12.7 Å². The quantitative estimate of drug-likeness (QED) is 0.823. The summed E-state index contributed by atoms with van der Waals surface area (Å²) >= 11 is 0. The largest absolute Gasteiger partial charge is 0.480 e. The van der Waals surface area contributed by atoms with Gasteiger partial charge in [0.2, 0.25) is 5.88 Å². The van der Waals surface area contributed by atoms with Crippen molar-refractivity contribution in [2.24, 2.45) is 0 Å². The number of hydrogen-bond acceptors (Lipinski definition) is 7. The number of methoxy groups -OCH3 is 1. The van der Waals surface area contributed by atoms with Gasteiger partial charge in [0.25, 0.3) is 0 Å². The SMILES string of the molecule is CCc1nc(N(C)CCO)c2c(OC)nc(NC)cc2n1. The predicted octanol–water partition coefficient (Wildman–Crippen LogP) is 1.07. The number of aromatic nitrogens is 3. The van der Waals surface area contributed by atoms with Crippen LogP contribution in [0.15, 0.2) is 6.07 Å². The van der Waals surface area contributed by atoms with Gasteiger partial charge in [-0.15, -0.1) is 0 Å². The molecule has 7 heteroatoms. The molecule has 0 bridgehead atoms. The van der Waals surface area contributed by atoms with Crippen LogP contribution in [0.25, 0.3) is 10.9 Å². The van der Waals surface area contributed by atoms with Gasteiger partial charge in [0.1, 0.15) is 22.8 Å². The summed E-state index contributed by atoms with van der Waals surface area (Å²) in [6.07, 6.45) is 0.732. The van der Waals surface area contributed by atoms with Crippen molar-refractivity contribution in [1.29, 1.82) is 0 Å². The summed E-state index contributed by atoms with van der Waals surface area (Å²) in [6, 6.07) is 1.87. The molecule has 0 amide bonds. The van der Waals surface area contributed by atoms with Gasteiger partial charge in [0, 0.05) is 33.1 Å². The Morgan fingerprint density at radius 1 is 1.33 bits per heavy atom. The van der Waals surface area contributed by atoms with Crippen LogP contribution < -0.4 is 15.0 Å². The molecule has 0 saturated carbocycles. The number of nitrogens with one attached hydrogen (secondary N) is 1. The molecule has 114 valence electrons. The molecule has 0 radical (unpaired) electrons. The zero-order chi connectivity index (χ0) is 15.4. The third-order valence-corrected chi connectivity index (χ3v) is 3.24. The zero-order valence-electron chi connectivity index (χ0n) is 12.8. The highest BCUT2D eigenvalue weighted by Crippen LogP contribution is 2.32. The van der Waals surface area contributed by atoms with E-state index in [0.29, 0.717) is 18.2 Å². The topological polar surface area (TPSA) is 83.4 Å². The normalized spacial score (nSPS) is 10.7. The van der Waals surface area contributed by atoms with Crippen molar-refractivity contribution in [2.45, 2.75) is 13.3 Å². The third-order valence-electron chi connectivity index (χ3n) is 3.24. The lowest BCUT2D eigenvalue weighted by atomic mass is 10.2. The van der Waals surface area contributed by atoms with Crippen LogP contribution in [0, 0.1) is 0 Å². The fraction of sp³-hybridized carbons (Fsp3) is 0.500. The number of fused-ring (bicyclic) bond motifs is 1. The molecular formula is C14H21N5O2. The molecular weight excluding hydrogens is 270 g/mol. The number of anilines is 2. The van der Waals surface area contributed by atoms with E-state index in [1.165, 1.54) is 0 Å². The number of ether oxygens (including phenoxy) is 1. The summed E-state index contributed by atoms with van der Waals surface area (Å²) in [5.74, 6) is 2.63. The summed E-state index contributed by atoms with van der Waals surface area (Å²) in [5, 5.41) is 12.9. The minimum atomic E-state index is 0.0494. The number of nitrogens with zero attached hydrogens (tertiary/aromatic N) is 4. The molecule has 2 aromatic rings. The first-order chi connectivity index (χ1) is 10.1. The molecule has 2 N–H and O–H groups in total. The second-order valence-electron chi connectivity index (χ2n) is 4.62. The van der Waals surface area contributed by atoms with E-state index in [1.54, 1.807) is 14.2 Å². The van der Waals surface area contributed by atoms with Crippen molar-refractivity contribution in [2.75, 3.05) is 44.6 Å². The molecule has 0 spiro atoms. The van der Waals surface area contributed by atoms with Gasteiger partial charge >= 0.3 is 0 Å². The summed E-state index contributed by atoms with van der Waals surface area (Å²) in [6.45, 7) is 2.54. The highest BCUT2D eigenvalue weighted by atomic mass is 16.5. The number of pyridine rings is 1. The summed E-state index contributed by atoms with van der Waals surface area (Å²) in [4.78, 5) is 15.4. The molecule has 21 heavy (non-hydrogen) atoms. The molecule has 0 aliphatic heterocycles. The van der Waals surface area contributed by atoms with Gasteiger partial charge in [0.05, 0.1) is 19.2 Å². The van der Waals surface area contributed by atoms with Gasteiger partial charge in [-0.25, -0.2) is 9.97 Å². The minimum Gasteiger partial charge on any atom is -0.480 e. The molecule has 0 fully saturated rings. The van der Waals surface area contributed by atoms with Crippen molar-refractivity contribution >= 4 is 22.5 Å². The number of likely N-dealkylation sites (N-methyl/N-ethyl adjacent to an activating group) is 1. The van der Waals surface area contributed by atoms with Crippen molar-refractivity contribution < 1.29 is 9.84 Å². The van der Waals surface area contributed by atoms with Crippen LogP contribution in [0.5, 0.6) is 5.88 Å². The van der Waals surface area contributed by atoms with Crippen molar-refractivity contribution in [1.82, 2.24) is 15.0 Å². The third kappa shape index (κ3) is 2.97. The van der Waals surface area contributed by atoms with E-state index in [2.05, 4.69) is 20.3 Å². The zero-order valence-corrected chi connectivity index (χ0v) is 12.8. The van der Waals surface area contributed by atoms with E-state index < -0.39 is 0 Å². The summed E-state index contributed by atoms with van der Waals surface area (Å²) in [7, 11) is 5.25. The van der Waals surface area contributed by atoms with Crippen LogP contribution in [0.3, 0.4) is 0 Å². The van der Waals surface area contributed by atoms with E-state index >= 15 is 0 Å². The van der Waals surface area contributed by atoms with E-state index in [1.807, 2.05) is 24.9 Å². The first-order valence-electron chi connectivity index (χ1n) is 6.90. The lowest BCUT2D eigenvalue weighted by Gasteiger charge is -2.20. The number of hydrogen-bond donors (Lipinski definition) is 2. The maximum Gasteiger partial charge on any atom is 0.228 e. The number of rotatable bonds is 6. The van der Waals surface area contributed by atoms with E-state index in [9.17, 15) is 0 Å². The predicted molar refractivity (Wildman–Crippen MR) is 83.2 cm³/mol. The molecule has 7 nitrogen and oxygen atoms in total. The average Bonchev–Trinajstić information content (AvgIpc) is 2.52. The van der Waals surface area contributed by atoms with Gasteiger partial charge in [-0.3, -0.25) is 0 Å². The Hall–Kier alpha value is -2.15. The monoisotopic (exact) mass is 291 g/mol. The molecule has 2 rings (SSSR count). The molecule has 0 aromatic carbocycles. The van der Waals surface area contributed by atoms with Crippen molar-refractivity contribution in [3.63, 3.8) is 0 Å². The minimum absolute atomic E-state index is 0.0494. The van der Waals surface area contributed by atoms with Gasteiger partial charge in [-0.1, -0.05) is 6.92 Å². The Morgan fingerprint density at radius 3 is 2.67 bits per heavy atom. The first kappa shape index (κ1) is 15.2. The summed E-state index contributed by atoms with van der Waals surface area (Å²) < 4.78 is 5.39. The van der Waals surface area contributed by atoms with Crippen LogP contribution in [-0.2, 0) is 6.42 Å². The fourth-order valence-corrected chi connectivity index (χ4v) is 2.12. The molecule has 0 saturated heterocycles. The molecule has 2 aromatic heterocycles. The lowest BCUT2D eigenvalue weighted by Crippen LogP contribution is -2.23. The van der Waals surface area contributed by atoms with Crippen LogP contribution in [0.2, 0.25) is 0 Å². The maximum absolute atomic E-state index is 9.16. The van der Waals surface area contributed by atoms with Gasteiger partial charge in [0.15, 0.2) is 0 Å². The molecule has 0 aliphatic carbocycles. The molecule has 0 aliphatic rings. The van der Waals surface area contributed by atoms with Crippen molar-refractivity contribution in [3.05, 3.63) is 11.9 Å². The Balaban J connectivity index is 2.75.